The molecular weight excluding hydrogens is 344 g/mol. The second-order valence-corrected chi connectivity index (χ2v) is 8.39. The maximum atomic E-state index is 12.2. The maximum Gasteiger partial charge on any atom is 0.0968 e. The second-order valence-electron chi connectivity index (χ2n) is 8.39. The van der Waals surface area contributed by atoms with Crippen LogP contribution in [0.3, 0.4) is 0 Å². The van der Waals surface area contributed by atoms with Crippen molar-refractivity contribution in [3.8, 4) is 0 Å². The number of aryl methyl sites for hydroxylation is 1. The van der Waals surface area contributed by atoms with Crippen LogP contribution in [-0.2, 0) is 12.0 Å². The van der Waals surface area contributed by atoms with E-state index >= 15 is 0 Å². The summed E-state index contributed by atoms with van der Waals surface area (Å²) in [6.07, 6.45) is 6.81. The summed E-state index contributed by atoms with van der Waals surface area (Å²) in [6, 6.07) is 19.0. The lowest BCUT2D eigenvalue weighted by molar-refractivity contribution is -0.00610. The van der Waals surface area contributed by atoms with Gasteiger partial charge in [-0.05, 0) is 81.6 Å². The largest absolute Gasteiger partial charge is 0.385 e. The van der Waals surface area contributed by atoms with Crippen molar-refractivity contribution in [3.05, 3.63) is 77.5 Å². The molecule has 28 heavy (non-hydrogen) atoms. The minimum Gasteiger partial charge on any atom is -0.385 e. The minimum atomic E-state index is -0.854. The highest BCUT2D eigenvalue weighted by Gasteiger charge is 2.41. The van der Waals surface area contributed by atoms with Crippen molar-refractivity contribution >= 4 is 10.9 Å². The van der Waals surface area contributed by atoms with E-state index in [0.29, 0.717) is 0 Å². The highest BCUT2D eigenvalue weighted by atomic mass is 16.3. The second kappa shape index (κ2) is 8.02. The first-order valence-corrected chi connectivity index (χ1v) is 10.4. The topological polar surface area (TPSA) is 36.4 Å². The van der Waals surface area contributed by atoms with Crippen molar-refractivity contribution in [1.82, 2.24) is 9.88 Å². The van der Waals surface area contributed by atoms with E-state index in [9.17, 15) is 5.11 Å². The number of benzene rings is 2. The van der Waals surface area contributed by atoms with E-state index in [2.05, 4.69) is 61.5 Å². The zero-order chi connectivity index (χ0) is 19.6. The third kappa shape index (κ3) is 3.69. The molecule has 1 aromatic heterocycles. The molecule has 0 fully saturated rings. The van der Waals surface area contributed by atoms with E-state index in [-0.39, 0.29) is 5.92 Å². The Kier molecular flexibility index (Phi) is 5.47. The average Bonchev–Trinajstić information content (AvgIpc) is 2.84. The molecule has 2 aromatic carbocycles. The van der Waals surface area contributed by atoms with Gasteiger partial charge in [-0.25, -0.2) is 0 Å². The number of hydrogen-bond donors (Lipinski definition) is 1. The van der Waals surface area contributed by atoms with E-state index < -0.39 is 5.60 Å². The molecule has 3 heteroatoms. The molecular formula is C25H30N2O. The summed E-state index contributed by atoms with van der Waals surface area (Å²) < 4.78 is 0. The molecule has 0 amide bonds. The maximum absolute atomic E-state index is 12.2. The molecule has 0 bridgehead atoms. The number of hydrogen-bond acceptors (Lipinski definition) is 3. The van der Waals surface area contributed by atoms with Gasteiger partial charge in [0.05, 0.1) is 11.1 Å². The van der Waals surface area contributed by atoms with Crippen LogP contribution in [0.5, 0.6) is 0 Å². The van der Waals surface area contributed by atoms with Crippen LogP contribution in [0.4, 0.5) is 0 Å². The van der Waals surface area contributed by atoms with Gasteiger partial charge in [0.1, 0.15) is 0 Å². The summed E-state index contributed by atoms with van der Waals surface area (Å²) in [5, 5.41) is 13.3. The predicted octanol–water partition coefficient (Wildman–Crippen LogP) is 4.88. The summed E-state index contributed by atoms with van der Waals surface area (Å²) in [6.45, 7) is 0.979. The lowest BCUT2D eigenvalue weighted by Crippen LogP contribution is -2.34. The van der Waals surface area contributed by atoms with Gasteiger partial charge in [-0.2, -0.15) is 0 Å². The minimum absolute atomic E-state index is 0.0652. The molecule has 1 aliphatic rings. The molecule has 0 spiro atoms. The molecule has 0 unspecified atom stereocenters. The Bertz CT molecular complexity index is 952. The lowest BCUT2D eigenvalue weighted by Gasteiger charge is -2.37. The van der Waals surface area contributed by atoms with Crippen molar-refractivity contribution in [2.75, 3.05) is 20.6 Å². The van der Waals surface area contributed by atoms with Crippen LogP contribution < -0.4 is 0 Å². The van der Waals surface area contributed by atoms with E-state index in [1.807, 2.05) is 18.3 Å². The standard InChI is InChI=1S/C25H30N2O/c1-27(2)16-8-15-25(28)22-12-5-3-9-19(22)11-7-13-23(25)21-17-20-10-4-6-14-24(20)26-18-21/h3-6,9-10,12,14,17-18,23,28H,7-8,11,13,15-16H2,1-2H3/t23-,25-/m1/s1. The normalized spacial score (nSPS) is 22.2. The summed E-state index contributed by atoms with van der Waals surface area (Å²) >= 11 is 0. The third-order valence-electron chi connectivity index (χ3n) is 6.18. The molecule has 0 saturated carbocycles. The number of aromatic nitrogens is 1. The highest BCUT2D eigenvalue weighted by Crippen LogP contribution is 2.47. The number of pyridine rings is 1. The number of aliphatic hydroxyl groups is 1. The van der Waals surface area contributed by atoms with Gasteiger partial charge in [0.2, 0.25) is 0 Å². The number of rotatable bonds is 5. The summed E-state index contributed by atoms with van der Waals surface area (Å²) in [4.78, 5) is 6.89. The summed E-state index contributed by atoms with van der Waals surface area (Å²) in [5.74, 6) is 0.0652. The Balaban J connectivity index is 1.78. The molecule has 1 heterocycles. The van der Waals surface area contributed by atoms with Crippen molar-refractivity contribution in [1.29, 1.82) is 0 Å². The number of nitrogens with zero attached hydrogens (tertiary/aromatic N) is 2. The Hall–Kier alpha value is -2.23. The first kappa shape index (κ1) is 19.1. The Morgan fingerprint density at radius 2 is 1.89 bits per heavy atom. The Morgan fingerprint density at radius 1 is 1.11 bits per heavy atom. The molecule has 2 atom stereocenters. The predicted molar refractivity (Wildman–Crippen MR) is 116 cm³/mol. The van der Waals surface area contributed by atoms with Crippen LogP contribution in [0.1, 0.15) is 48.3 Å². The highest BCUT2D eigenvalue weighted by molar-refractivity contribution is 5.78. The van der Waals surface area contributed by atoms with Crippen LogP contribution in [0, 0.1) is 0 Å². The van der Waals surface area contributed by atoms with Gasteiger partial charge in [-0.3, -0.25) is 4.98 Å². The van der Waals surface area contributed by atoms with Crippen LogP contribution in [-0.4, -0.2) is 35.6 Å². The first-order chi connectivity index (χ1) is 13.6. The fraction of sp³-hybridized carbons (Fsp3) is 0.400. The van der Waals surface area contributed by atoms with Crippen LogP contribution in [0.15, 0.2) is 60.8 Å². The van der Waals surface area contributed by atoms with E-state index in [1.165, 1.54) is 5.56 Å². The van der Waals surface area contributed by atoms with Gasteiger partial charge in [0.25, 0.3) is 0 Å². The molecule has 3 aromatic rings. The zero-order valence-corrected chi connectivity index (χ0v) is 16.9. The third-order valence-corrected chi connectivity index (χ3v) is 6.18. The van der Waals surface area contributed by atoms with Crippen LogP contribution >= 0.6 is 0 Å². The summed E-state index contributed by atoms with van der Waals surface area (Å²) in [5.41, 5.74) is 3.72. The van der Waals surface area contributed by atoms with E-state index in [4.69, 9.17) is 4.98 Å². The molecule has 0 saturated heterocycles. The van der Waals surface area contributed by atoms with E-state index in [0.717, 1.165) is 60.7 Å². The monoisotopic (exact) mass is 374 g/mol. The smallest absolute Gasteiger partial charge is 0.0968 e. The fourth-order valence-corrected chi connectivity index (χ4v) is 4.78. The van der Waals surface area contributed by atoms with Gasteiger partial charge < -0.3 is 10.0 Å². The first-order valence-electron chi connectivity index (χ1n) is 10.4. The zero-order valence-electron chi connectivity index (χ0n) is 16.9. The molecule has 0 aliphatic heterocycles. The van der Waals surface area contributed by atoms with E-state index in [1.54, 1.807) is 0 Å². The molecule has 1 N–H and O–H groups in total. The molecule has 146 valence electrons. The van der Waals surface area contributed by atoms with Gasteiger partial charge in [-0.15, -0.1) is 0 Å². The van der Waals surface area contributed by atoms with Crippen LogP contribution in [0.2, 0.25) is 0 Å². The molecule has 0 radical (unpaired) electrons. The van der Waals surface area contributed by atoms with Gasteiger partial charge in [0, 0.05) is 17.5 Å². The molecule has 3 nitrogen and oxygen atoms in total. The Morgan fingerprint density at radius 3 is 2.75 bits per heavy atom. The lowest BCUT2D eigenvalue weighted by atomic mass is 9.73. The molecule has 1 aliphatic carbocycles. The molecule has 4 rings (SSSR count). The fourth-order valence-electron chi connectivity index (χ4n) is 4.78. The average molecular weight is 375 g/mol. The van der Waals surface area contributed by atoms with Gasteiger partial charge in [0.15, 0.2) is 0 Å². The van der Waals surface area contributed by atoms with Crippen molar-refractivity contribution < 1.29 is 5.11 Å². The number of fused-ring (bicyclic) bond motifs is 2. The SMILES string of the molecule is CN(C)CCC[C@@]1(O)c2ccccc2CCC[C@@H]1c1cnc2ccccc2c1. The van der Waals surface area contributed by atoms with Crippen molar-refractivity contribution in [3.63, 3.8) is 0 Å². The van der Waals surface area contributed by atoms with Gasteiger partial charge >= 0.3 is 0 Å². The van der Waals surface area contributed by atoms with Gasteiger partial charge in [-0.1, -0.05) is 42.5 Å². The number of para-hydroxylation sites is 1. The van der Waals surface area contributed by atoms with Crippen molar-refractivity contribution in [2.45, 2.75) is 43.6 Å². The quantitative estimate of drug-likeness (QED) is 0.646. The Labute approximate surface area is 168 Å². The van der Waals surface area contributed by atoms with Crippen molar-refractivity contribution in [2.24, 2.45) is 0 Å². The van der Waals surface area contributed by atoms with Crippen LogP contribution in [0.25, 0.3) is 10.9 Å². The summed E-state index contributed by atoms with van der Waals surface area (Å²) in [7, 11) is 4.19.